The van der Waals surface area contributed by atoms with E-state index < -0.39 is 161 Å². The number of aromatic nitrogens is 2. The first-order valence-electron chi connectivity index (χ1n) is 28.7. The molecule has 0 bridgehead atoms. The molecule has 3 aromatic heterocycles. The highest BCUT2D eigenvalue weighted by Crippen LogP contribution is 2.42. The van der Waals surface area contributed by atoms with Crippen LogP contribution in [-0.2, 0) is 0 Å². The van der Waals surface area contributed by atoms with Crippen molar-refractivity contribution in [3.05, 3.63) is 206 Å². The highest BCUT2D eigenvalue weighted by Gasteiger charge is 2.20. The van der Waals surface area contributed by atoms with Crippen molar-refractivity contribution in [2.75, 3.05) is 0 Å². The summed E-state index contributed by atoms with van der Waals surface area (Å²) in [5.74, 6) is 0. The van der Waals surface area contributed by atoms with Crippen LogP contribution < -0.4 is 0 Å². The van der Waals surface area contributed by atoms with Gasteiger partial charge in [0.1, 0.15) is 5.58 Å². The number of benzene rings is 9. The summed E-state index contributed by atoms with van der Waals surface area (Å²) in [4.78, 5) is 0. The standard InChI is InChI=1S/C54H34N2O/c1-3-14-35(15-4-1)37-18-11-19-40(32-37)55-47-24-9-7-20-42(47)44-30-28-39(34-51(44)55)38-29-31-49-46(33-38)43-21-8-10-25-48(43)56(49)50-26-12-23-45-53-41(36-16-5-2-6-17-36)22-13-27-52(53)57-54(45)50/h1-34H/i2D,5D,6D,7D,8D,9D,10D,12D,13D,16D,17D,20D,21D,22D,24D,26D,27D,28D,29D,30D,31D,33D. The normalized spacial score (nSPS) is 17.3. The lowest BCUT2D eigenvalue weighted by Crippen LogP contribution is -1.95. The van der Waals surface area contributed by atoms with E-state index in [0.29, 0.717) is 5.69 Å². The molecule has 0 unspecified atom stereocenters. The molecule has 0 fully saturated rings. The summed E-state index contributed by atoms with van der Waals surface area (Å²) in [6.07, 6.45) is 0. The molecule has 0 spiro atoms. The molecule has 57 heavy (non-hydrogen) atoms. The number of hydrogen-bond donors (Lipinski definition) is 0. The van der Waals surface area contributed by atoms with E-state index in [1.807, 2.05) is 36.4 Å². The average Bonchev–Trinajstić information content (AvgIpc) is 3.55. The van der Waals surface area contributed by atoms with Crippen LogP contribution in [0.25, 0.3) is 110 Å². The van der Waals surface area contributed by atoms with E-state index in [2.05, 4.69) is 0 Å². The van der Waals surface area contributed by atoms with Crippen LogP contribution in [0.15, 0.2) is 210 Å². The number of para-hydroxylation sites is 3. The van der Waals surface area contributed by atoms with E-state index in [1.165, 1.54) is 10.6 Å². The molecule has 12 aromatic rings. The zero-order chi connectivity index (χ0) is 56.6. The average molecular weight is 749 g/mol. The second kappa shape index (κ2) is 12.5. The van der Waals surface area contributed by atoms with Crippen LogP contribution in [0.4, 0.5) is 0 Å². The van der Waals surface area contributed by atoms with Gasteiger partial charge >= 0.3 is 0 Å². The minimum atomic E-state index is -0.772. The summed E-state index contributed by atoms with van der Waals surface area (Å²) < 4.78 is 209. The van der Waals surface area contributed by atoms with Gasteiger partial charge in [-0.2, -0.15) is 0 Å². The van der Waals surface area contributed by atoms with Crippen molar-refractivity contribution < 1.29 is 34.6 Å². The van der Waals surface area contributed by atoms with Crippen LogP contribution in [0.3, 0.4) is 0 Å². The van der Waals surface area contributed by atoms with Gasteiger partial charge in [0.2, 0.25) is 0 Å². The van der Waals surface area contributed by atoms with Gasteiger partial charge in [0.25, 0.3) is 0 Å². The van der Waals surface area contributed by atoms with E-state index >= 15 is 0 Å². The first kappa shape index (κ1) is 17.0. The number of furan rings is 1. The van der Waals surface area contributed by atoms with Crippen molar-refractivity contribution >= 4 is 65.6 Å². The Balaban J connectivity index is 1.22. The minimum Gasteiger partial charge on any atom is -0.454 e. The summed E-state index contributed by atoms with van der Waals surface area (Å²) in [6.45, 7) is 0. The maximum atomic E-state index is 10.1. The van der Waals surface area contributed by atoms with Gasteiger partial charge < -0.3 is 13.6 Å². The first-order chi connectivity index (χ1) is 37.4. The molecule has 0 aliphatic carbocycles. The highest BCUT2D eigenvalue weighted by molar-refractivity contribution is 6.17. The van der Waals surface area contributed by atoms with E-state index in [4.69, 9.17) is 22.2 Å². The third-order valence-electron chi connectivity index (χ3n) is 10.1. The number of rotatable bonds is 5. The Kier molecular flexibility index (Phi) is 3.72. The van der Waals surface area contributed by atoms with Crippen molar-refractivity contribution in [3.8, 4) is 44.8 Å². The smallest absolute Gasteiger partial charge is 0.159 e. The van der Waals surface area contributed by atoms with Crippen LogP contribution in [0, 0.1) is 0 Å². The molecule has 3 heteroatoms. The van der Waals surface area contributed by atoms with Crippen molar-refractivity contribution in [3.63, 3.8) is 0 Å². The third kappa shape index (κ3) is 4.86. The lowest BCUT2D eigenvalue weighted by atomic mass is 9.99. The zero-order valence-electron chi connectivity index (χ0n) is 51.2. The third-order valence-corrected chi connectivity index (χ3v) is 10.1. The van der Waals surface area contributed by atoms with Gasteiger partial charge in [-0.05, 0) is 87.9 Å². The number of fused-ring (bicyclic) bond motifs is 9. The minimum absolute atomic E-state index is 0.0308. The second-order valence-electron chi connectivity index (χ2n) is 13.2. The van der Waals surface area contributed by atoms with Gasteiger partial charge in [0.05, 0.1) is 57.9 Å². The highest BCUT2D eigenvalue weighted by atomic mass is 16.3. The molecule has 0 amide bonds. The number of nitrogens with zero attached hydrogens (tertiary/aromatic N) is 2. The van der Waals surface area contributed by atoms with Gasteiger partial charge in [-0.15, -0.1) is 0 Å². The molecule has 9 aromatic carbocycles. The van der Waals surface area contributed by atoms with Gasteiger partial charge in [0, 0.05) is 38.0 Å². The molecule has 266 valence electrons. The quantitative estimate of drug-likeness (QED) is 0.172. The van der Waals surface area contributed by atoms with Crippen LogP contribution in [0.2, 0.25) is 0 Å². The van der Waals surface area contributed by atoms with Gasteiger partial charge in [-0.1, -0.05) is 151 Å². The molecular weight excluding hydrogens is 693 g/mol. The lowest BCUT2D eigenvalue weighted by molar-refractivity contribution is 0.666. The molecule has 0 radical (unpaired) electrons. The summed E-state index contributed by atoms with van der Waals surface area (Å²) in [5, 5.41) is -1.10. The van der Waals surface area contributed by atoms with Gasteiger partial charge in [0.15, 0.2) is 5.58 Å². The Morgan fingerprint density at radius 1 is 0.404 bits per heavy atom. The zero-order valence-corrected chi connectivity index (χ0v) is 29.2. The predicted molar refractivity (Wildman–Crippen MR) is 239 cm³/mol. The van der Waals surface area contributed by atoms with Gasteiger partial charge in [-0.3, -0.25) is 0 Å². The SMILES string of the molecule is [2H]c1cc2c(oc3c([2H])c([2H])c([2H])c(-c4c([2H])c([2H])c([2H])c([2H])c4[2H])c32)c(-n2c3cc([2H])c([2H])c([2H])c3c3c([2H])c(-c4cc5c(c([2H])c4[2H])c4c([2H])c([2H])c([2H])c([2H])c4n5-c4cccc(-c5ccccc5)c4)c([2H])c([2H])c32)c1[2H]. The van der Waals surface area contributed by atoms with E-state index in [-0.39, 0.29) is 65.5 Å². The van der Waals surface area contributed by atoms with Crippen LogP contribution >= 0.6 is 0 Å². The topological polar surface area (TPSA) is 23.0 Å². The Hall–Kier alpha value is -7.62. The van der Waals surface area contributed by atoms with Crippen molar-refractivity contribution in [2.24, 2.45) is 0 Å². The predicted octanol–water partition coefficient (Wildman–Crippen LogP) is 14.8. The molecule has 0 saturated carbocycles. The Labute approximate surface area is 359 Å². The molecule has 0 saturated heterocycles. The fourth-order valence-electron chi connectivity index (χ4n) is 7.64. The van der Waals surface area contributed by atoms with E-state index in [0.717, 1.165) is 27.8 Å². The fourth-order valence-corrected chi connectivity index (χ4v) is 7.64. The maximum absolute atomic E-state index is 10.1. The molecule has 12 rings (SSSR count). The Morgan fingerprint density at radius 3 is 2.09 bits per heavy atom. The summed E-state index contributed by atoms with van der Waals surface area (Å²) in [7, 11) is 0. The summed E-state index contributed by atoms with van der Waals surface area (Å²) in [5.41, 5.74) is -1.55. The van der Waals surface area contributed by atoms with Crippen LogP contribution in [0.1, 0.15) is 30.2 Å². The molecule has 0 aliphatic rings. The number of hydrogen-bond acceptors (Lipinski definition) is 1. The largest absolute Gasteiger partial charge is 0.454 e. The summed E-state index contributed by atoms with van der Waals surface area (Å²) >= 11 is 0. The Morgan fingerprint density at radius 2 is 1.18 bits per heavy atom. The Bertz CT molecular complexity index is 4780. The molecule has 0 atom stereocenters. The van der Waals surface area contributed by atoms with Crippen molar-refractivity contribution in [1.29, 1.82) is 0 Å². The van der Waals surface area contributed by atoms with Gasteiger partial charge in [-0.25, -0.2) is 0 Å². The maximum Gasteiger partial charge on any atom is 0.159 e. The molecule has 0 N–H and O–H groups in total. The fraction of sp³-hybridized carbons (Fsp3) is 0. The summed E-state index contributed by atoms with van der Waals surface area (Å²) in [6, 6.07) is 5.59. The van der Waals surface area contributed by atoms with Crippen LogP contribution in [0.5, 0.6) is 0 Å². The van der Waals surface area contributed by atoms with E-state index in [1.54, 1.807) is 18.2 Å². The first-order valence-corrected chi connectivity index (χ1v) is 17.7. The molecule has 3 heterocycles. The second-order valence-corrected chi connectivity index (χ2v) is 13.2. The van der Waals surface area contributed by atoms with Crippen molar-refractivity contribution in [2.45, 2.75) is 0 Å². The van der Waals surface area contributed by atoms with Crippen molar-refractivity contribution in [1.82, 2.24) is 9.13 Å². The molecule has 3 nitrogen and oxygen atoms in total. The monoisotopic (exact) mass is 748 g/mol. The lowest BCUT2D eigenvalue weighted by Gasteiger charge is -2.11. The molecule has 0 aliphatic heterocycles. The van der Waals surface area contributed by atoms with E-state index in [9.17, 15) is 12.3 Å². The molecular formula is C54H34N2O. The van der Waals surface area contributed by atoms with Crippen LogP contribution in [-0.4, -0.2) is 9.13 Å².